The van der Waals surface area contributed by atoms with Crippen molar-refractivity contribution in [3.05, 3.63) is 0 Å². The van der Waals surface area contributed by atoms with E-state index >= 15 is 0 Å². The molecule has 150 valence electrons. The van der Waals surface area contributed by atoms with E-state index in [0.29, 0.717) is 11.8 Å². The van der Waals surface area contributed by atoms with E-state index in [9.17, 15) is 14.4 Å². The Bertz CT molecular complexity index is 396. The Morgan fingerprint density at radius 3 is 1.24 bits per heavy atom. The van der Waals surface area contributed by atoms with E-state index in [4.69, 9.17) is 34.8 Å². The second kappa shape index (κ2) is 18.7. The van der Waals surface area contributed by atoms with Gasteiger partial charge in [0.25, 0.3) is 0 Å². The molecule has 0 spiro atoms. The van der Waals surface area contributed by atoms with Gasteiger partial charge in [-0.05, 0) is 59.5 Å². The molecule has 0 radical (unpaired) electrons. The third-order valence-electron chi connectivity index (χ3n) is 2.89. The average molecular weight is 612 g/mol. The predicted octanol–water partition coefficient (Wildman–Crippen LogP) is 7.05. The lowest BCUT2D eigenvalue weighted by atomic mass is 10.1. The van der Waals surface area contributed by atoms with E-state index in [-0.39, 0.29) is 30.2 Å². The second-order valence-corrected chi connectivity index (χ2v) is 9.99. The van der Waals surface area contributed by atoms with Gasteiger partial charge in [-0.2, -0.15) is 0 Å². The van der Waals surface area contributed by atoms with E-state index in [1.807, 2.05) is 34.6 Å². The molecule has 0 aliphatic heterocycles. The smallest absolute Gasteiger partial charge is 0.235 e. The van der Waals surface area contributed by atoms with Gasteiger partial charge in [0.05, 0.1) is 14.5 Å². The van der Waals surface area contributed by atoms with Crippen LogP contribution >= 0.6 is 82.6 Å². The minimum absolute atomic E-state index is 0.158. The molecule has 25 heavy (non-hydrogen) atoms. The van der Waals surface area contributed by atoms with Gasteiger partial charge < -0.3 is 0 Å². The standard InChI is InChI=1S/2C6H10BrClO.C4H6BrClO/c1-4(2)3-5(7)6(8)9;1-3-4(2)5(7)6(8)9;1-2-3(5)4(6)7/h2*4-5H,3H2,1-2H3;3H,2H2,1H3. The van der Waals surface area contributed by atoms with Gasteiger partial charge in [0.15, 0.2) is 0 Å². The van der Waals surface area contributed by atoms with Crippen molar-refractivity contribution in [1.82, 2.24) is 0 Å². The predicted molar refractivity (Wildman–Crippen MR) is 120 cm³/mol. The molecule has 0 rings (SSSR count). The molecule has 0 aromatic rings. The Morgan fingerprint density at radius 1 is 0.760 bits per heavy atom. The summed E-state index contributed by atoms with van der Waals surface area (Å²) in [5.74, 6) is 0.840. The number of halogens is 6. The number of carbonyl (C=O) groups is 3. The summed E-state index contributed by atoms with van der Waals surface area (Å²) >= 11 is 24.9. The first kappa shape index (κ1) is 31.0. The van der Waals surface area contributed by atoms with Crippen LogP contribution in [0.15, 0.2) is 0 Å². The molecule has 0 aromatic carbocycles. The van der Waals surface area contributed by atoms with Gasteiger partial charge in [0.2, 0.25) is 15.7 Å². The molecule has 0 saturated heterocycles. The van der Waals surface area contributed by atoms with Crippen LogP contribution in [0.25, 0.3) is 0 Å². The number of hydrogen-bond acceptors (Lipinski definition) is 3. The number of hydrogen-bond donors (Lipinski definition) is 0. The number of rotatable bonds is 8. The van der Waals surface area contributed by atoms with E-state index in [1.54, 1.807) is 0 Å². The summed E-state index contributed by atoms with van der Waals surface area (Å²) in [5, 5.41) is -0.921. The zero-order valence-corrected chi connectivity index (χ0v) is 22.0. The highest BCUT2D eigenvalue weighted by Gasteiger charge is 2.17. The molecular formula is C16H26Br3Cl3O3. The van der Waals surface area contributed by atoms with Crippen LogP contribution in [-0.2, 0) is 14.4 Å². The molecule has 9 heteroatoms. The quantitative estimate of drug-likeness (QED) is 0.218. The maximum absolute atomic E-state index is 10.5. The Morgan fingerprint density at radius 2 is 1.16 bits per heavy atom. The SMILES string of the molecule is CC(C)CC(Br)C(=O)Cl.CCC(Br)C(=O)Cl.CCC(C)C(Br)C(=O)Cl. The van der Waals surface area contributed by atoms with Crippen molar-refractivity contribution in [2.45, 2.75) is 68.4 Å². The molecule has 0 fully saturated rings. The molecule has 0 aliphatic rings. The first-order valence-electron chi connectivity index (χ1n) is 7.81. The molecule has 4 atom stereocenters. The Kier molecular flexibility index (Phi) is 23.2. The summed E-state index contributed by atoms with van der Waals surface area (Å²) in [4.78, 5) is 30.5. The first-order chi connectivity index (χ1) is 11.3. The zero-order valence-electron chi connectivity index (χ0n) is 15.0. The summed E-state index contributed by atoms with van der Waals surface area (Å²) in [6.45, 7) is 10.0. The van der Waals surface area contributed by atoms with Crippen LogP contribution in [-0.4, -0.2) is 30.2 Å². The molecule has 3 nitrogen and oxygen atoms in total. The molecule has 4 unspecified atom stereocenters. The average Bonchev–Trinajstić information content (AvgIpc) is 2.52. The third kappa shape index (κ3) is 21.5. The Hall–Kier alpha value is 1.32. The van der Waals surface area contributed by atoms with Gasteiger partial charge in [-0.1, -0.05) is 88.8 Å². The van der Waals surface area contributed by atoms with Crippen molar-refractivity contribution < 1.29 is 14.4 Å². The highest BCUT2D eigenvalue weighted by molar-refractivity contribution is 9.10. The van der Waals surface area contributed by atoms with Crippen LogP contribution in [0, 0.1) is 11.8 Å². The summed E-state index contributed by atoms with van der Waals surface area (Å²) in [6.07, 6.45) is 2.53. The van der Waals surface area contributed by atoms with Crippen LogP contribution in [0.1, 0.15) is 53.9 Å². The maximum Gasteiger partial charge on any atom is 0.235 e. The van der Waals surface area contributed by atoms with Crippen LogP contribution in [0.2, 0.25) is 0 Å². The van der Waals surface area contributed by atoms with E-state index < -0.39 is 0 Å². The fourth-order valence-corrected chi connectivity index (χ4v) is 2.68. The summed E-state index contributed by atoms with van der Waals surface area (Å²) in [6, 6.07) is 0. The molecule has 0 amide bonds. The van der Waals surface area contributed by atoms with Gasteiger partial charge in [0.1, 0.15) is 0 Å². The van der Waals surface area contributed by atoms with Crippen LogP contribution in [0.4, 0.5) is 0 Å². The highest BCUT2D eigenvalue weighted by Crippen LogP contribution is 2.18. The van der Waals surface area contributed by atoms with E-state index in [1.165, 1.54) is 0 Å². The van der Waals surface area contributed by atoms with Crippen molar-refractivity contribution in [1.29, 1.82) is 0 Å². The molecular weight excluding hydrogens is 586 g/mol. The van der Waals surface area contributed by atoms with Crippen molar-refractivity contribution in [2.24, 2.45) is 11.8 Å². The fraction of sp³-hybridized carbons (Fsp3) is 0.812. The summed E-state index contributed by atoms with van der Waals surface area (Å²) < 4.78 is 0. The Labute approximate surface area is 191 Å². The molecule has 0 aliphatic carbocycles. The lowest BCUT2D eigenvalue weighted by Gasteiger charge is -2.10. The lowest BCUT2D eigenvalue weighted by molar-refractivity contribution is -0.112. The largest absolute Gasteiger partial charge is 0.280 e. The number of alkyl halides is 3. The minimum atomic E-state index is -0.317. The van der Waals surface area contributed by atoms with Crippen molar-refractivity contribution in [3.8, 4) is 0 Å². The number of carbonyl (C=O) groups excluding carboxylic acids is 3. The van der Waals surface area contributed by atoms with Gasteiger partial charge in [0, 0.05) is 0 Å². The Balaban J connectivity index is -0.000000293. The van der Waals surface area contributed by atoms with Crippen molar-refractivity contribution in [2.75, 3.05) is 0 Å². The second-order valence-electron chi connectivity index (χ2n) is 5.67. The summed E-state index contributed by atoms with van der Waals surface area (Å²) in [5.41, 5.74) is 0. The molecule has 0 N–H and O–H groups in total. The van der Waals surface area contributed by atoms with E-state index in [0.717, 1.165) is 19.3 Å². The van der Waals surface area contributed by atoms with Gasteiger partial charge >= 0.3 is 0 Å². The topological polar surface area (TPSA) is 51.2 Å². The fourth-order valence-electron chi connectivity index (χ4n) is 1.10. The molecule has 0 saturated carbocycles. The van der Waals surface area contributed by atoms with Gasteiger partial charge in [-0.25, -0.2) is 0 Å². The van der Waals surface area contributed by atoms with Crippen LogP contribution < -0.4 is 0 Å². The third-order valence-corrected chi connectivity index (χ3v) is 7.61. The van der Waals surface area contributed by atoms with Crippen LogP contribution in [0.5, 0.6) is 0 Å². The summed E-state index contributed by atoms with van der Waals surface area (Å²) in [7, 11) is 0. The van der Waals surface area contributed by atoms with Gasteiger partial charge in [-0.15, -0.1) is 0 Å². The van der Waals surface area contributed by atoms with Crippen molar-refractivity contribution >= 4 is 98.3 Å². The molecule has 0 aromatic heterocycles. The lowest BCUT2D eigenvalue weighted by Crippen LogP contribution is -2.16. The zero-order chi connectivity index (χ0) is 20.7. The van der Waals surface area contributed by atoms with E-state index in [2.05, 4.69) is 47.8 Å². The normalized spacial score (nSPS) is 14.9. The minimum Gasteiger partial charge on any atom is -0.280 e. The molecule has 0 bridgehead atoms. The van der Waals surface area contributed by atoms with Crippen LogP contribution in [0.3, 0.4) is 0 Å². The van der Waals surface area contributed by atoms with Gasteiger partial charge in [-0.3, -0.25) is 14.4 Å². The maximum atomic E-state index is 10.5. The monoisotopic (exact) mass is 608 g/mol. The molecule has 0 heterocycles. The first-order valence-corrected chi connectivity index (χ1v) is 11.7. The van der Waals surface area contributed by atoms with Crippen molar-refractivity contribution in [3.63, 3.8) is 0 Å². The highest BCUT2D eigenvalue weighted by atomic mass is 79.9.